The van der Waals surface area contributed by atoms with E-state index in [-0.39, 0.29) is 44.0 Å². The number of carbonyl (C=O) groups excluding carboxylic acids is 1. The zero-order chi connectivity index (χ0) is 56.0. The van der Waals surface area contributed by atoms with Crippen molar-refractivity contribution in [2.24, 2.45) is 23.5 Å². The maximum atomic E-state index is 12.6. The van der Waals surface area contributed by atoms with E-state index in [1.165, 1.54) is 13.0 Å². The van der Waals surface area contributed by atoms with Crippen LogP contribution in [-0.4, -0.2) is 176 Å². The second-order valence-corrected chi connectivity index (χ2v) is 19.3. The van der Waals surface area contributed by atoms with Crippen molar-refractivity contribution >= 4 is 11.9 Å². The molecule has 422 valence electrons. The molecule has 2 fully saturated rings. The topological polar surface area (TPSA) is 390 Å². The molecule has 2 bridgehead atoms. The molecule has 75 heavy (non-hydrogen) atoms. The Morgan fingerprint density at radius 1 is 0.707 bits per heavy atom. The summed E-state index contributed by atoms with van der Waals surface area (Å²) in [4.78, 5) is 35.7. The van der Waals surface area contributed by atoms with Crippen LogP contribution in [0.5, 0.6) is 5.75 Å². The number of hydrogen-bond donors (Lipinski definition) is 14. The SMILES string of the molecule is C[C@@H]1[C@H](O)[C@@H](C)/C=C/C=C/C=C/C=C/C=C/C=C/C=C/[C@H](O[C@@H]2O[C@H](C)[C@@H](O)[C@H](N)[C@@H]2O)C[C@@H]2O[C@](O)(C[C@@H](O)C[C@@H](O)[C@H](O)CC[C@@H](O)C[C@@H](O)CC(=O)O[C@H]1C)C[C@H](O)[C@H]2C(=O)O.O=c1cc(CO)occ1O. The van der Waals surface area contributed by atoms with E-state index in [4.69, 9.17) is 34.9 Å². The Hall–Kier alpha value is -4.73. The monoisotopic (exact) mass is 1070 g/mol. The van der Waals surface area contributed by atoms with E-state index in [9.17, 15) is 70.6 Å². The zero-order valence-electron chi connectivity index (χ0n) is 42.7. The zero-order valence-corrected chi connectivity index (χ0v) is 42.7. The molecule has 19 atom stereocenters. The lowest BCUT2D eigenvalue weighted by molar-refractivity contribution is -0.308. The van der Waals surface area contributed by atoms with Gasteiger partial charge < -0.3 is 95.5 Å². The third-order valence-electron chi connectivity index (χ3n) is 13.0. The van der Waals surface area contributed by atoms with Gasteiger partial charge in [-0.25, -0.2) is 0 Å². The van der Waals surface area contributed by atoms with Gasteiger partial charge in [-0.2, -0.15) is 0 Å². The lowest BCUT2D eigenvalue weighted by Crippen LogP contribution is -2.61. The molecule has 1 aromatic heterocycles. The van der Waals surface area contributed by atoms with E-state index in [1.807, 2.05) is 19.1 Å². The summed E-state index contributed by atoms with van der Waals surface area (Å²) in [6, 6.07) is -0.111. The first kappa shape index (κ1) is 64.6. The summed E-state index contributed by atoms with van der Waals surface area (Å²) in [6.45, 7) is 6.40. The summed E-state index contributed by atoms with van der Waals surface area (Å²) in [6.07, 6.45) is 4.36. The number of hydrogen-bond acceptors (Lipinski definition) is 21. The highest BCUT2D eigenvalue weighted by atomic mass is 16.7. The minimum atomic E-state index is -2.33. The number of esters is 1. The molecule has 4 rings (SSSR count). The van der Waals surface area contributed by atoms with Crippen LogP contribution in [0.1, 0.15) is 84.8 Å². The second-order valence-electron chi connectivity index (χ2n) is 19.3. The van der Waals surface area contributed by atoms with E-state index in [1.54, 1.807) is 80.7 Å². The molecule has 0 saturated carbocycles. The van der Waals surface area contributed by atoms with Crippen molar-refractivity contribution in [3.05, 3.63) is 113 Å². The van der Waals surface area contributed by atoms with E-state index in [0.29, 0.717) is 0 Å². The standard InChI is InChI=1S/C47H73NO17.C6H6O4/c1-27-17-15-13-11-9-7-5-6-8-10-12-14-16-18-34(64-46-44(58)41(48)43(57)30(4)63-46)24-38-40(45(59)60)37(54)26-47(61,65-38)25-33(51)22-36(53)35(52)20-19-31(49)21-32(50)23-39(55)62-29(3)28(2)42(27)56;7-2-4-1-5(8)6(9)3-10-4/h5-18,27-38,40-44,46,49-54,56-58,61H,19-26,48H2,1-4H3,(H,59,60);1,3,7,9H,2H2/b6-5+,9-7+,10-8+,13-11+,14-12+,17-15+,18-16+;/t27-,28-,29-,30+,31+,32+,33-,34-,35+,36+,37-,38-,40+,41-,42+,43+,44-,46-,47+;/m0./s1. The highest BCUT2D eigenvalue weighted by Gasteiger charge is 2.51. The van der Waals surface area contributed by atoms with Gasteiger partial charge in [0.05, 0.1) is 79.6 Å². The van der Waals surface area contributed by atoms with E-state index >= 15 is 0 Å². The van der Waals surface area contributed by atoms with Gasteiger partial charge in [-0.1, -0.05) is 98.9 Å². The molecule has 22 nitrogen and oxygen atoms in total. The van der Waals surface area contributed by atoms with E-state index in [2.05, 4.69) is 4.42 Å². The van der Waals surface area contributed by atoms with Gasteiger partial charge in [-0.3, -0.25) is 14.4 Å². The molecule has 0 amide bonds. The maximum absolute atomic E-state index is 12.6. The number of carbonyl (C=O) groups is 2. The summed E-state index contributed by atoms with van der Waals surface area (Å²) in [7, 11) is 0. The van der Waals surface area contributed by atoms with Crippen LogP contribution in [-0.2, 0) is 35.1 Å². The first-order valence-electron chi connectivity index (χ1n) is 25.0. The molecular formula is C53H79NO21. The number of nitrogens with two attached hydrogens (primary N) is 1. The lowest BCUT2D eigenvalue weighted by Gasteiger charge is -2.45. The molecule has 0 aromatic carbocycles. The van der Waals surface area contributed by atoms with Crippen LogP contribution in [0, 0.1) is 17.8 Å². The first-order valence-corrected chi connectivity index (χ1v) is 25.0. The Balaban J connectivity index is 0.00000132. The second kappa shape index (κ2) is 32.1. The number of cyclic esters (lactones) is 1. The molecule has 2 saturated heterocycles. The summed E-state index contributed by atoms with van der Waals surface area (Å²) >= 11 is 0. The van der Waals surface area contributed by atoms with Gasteiger partial charge in [-0.15, -0.1) is 0 Å². The van der Waals surface area contributed by atoms with Crippen molar-refractivity contribution in [1.29, 1.82) is 0 Å². The van der Waals surface area contributed by atoms with Crippen molar-refractivity contribution in [3.8, 4) is 5.75 Å². The molecule has 15 N–H and O–H groups in total. The summed E-state index contributed by atoms with van der Waals surface area (Å²) in [5.41, 5.74) is 5.47. The number of carboxylic acids is 1. The van der Waals surface area contributed by atoms with Crippen LogP contribution in [0.25, 0.3) is 0 Å². The number of fused-ring (bicyclic) bond motifs is 2. The van der Waals surface area contributed by atoms with Gasteiger partial charge in [0.15, 0.2) is 17.8 Å². The van der Waals surface area contributed by atoms with Gasteiger partial charge in [-0.05, 0) is 33.1 Å². The number of aliphatic hydroxyl groups excluding tert-OH is 10. The average molecular weight is 1070 g/mol. The van der Waals surface area contributed by atoms with Crippen LogP contribution in [0.3, 0.4) is 0 Å². The molecule has 0 aliphatic carbocycles. The number of aliphatic carboxylic acids is 1. The largest absolute Gasteiger partial charge is 0.502 e. The summed E-state index contributed by atoms with van der Waals surface area (Å²) in [5.74, 6) is -7.13. The number of allylic oxidation sites excluding steroid dienone is 12. The lowest BCUT2D eigenvalue weighted by atomic mass is 9.82. The van der Waals surface area contributed by atoms with Crippen molar-refractivity contribution in [3.63, 3.8) is 0 Å². The van der Waals surface area contributed by atoms with Gasteiger partial charge in [0, 0.05) is 43.6 Å². The fourth-order valence-electron chi connectivity index (χ4n) is 8.50. The molecule has 3 aliphatic heterocycles. The fraction of sp³-hybridized carbons (Fsp3) is 0.604. The molecular weight excluding hydrogens is 987 g/mol. The Morgan fingerprint density at radius 2 is 1.29 bits per heavy atom. The molecule has 4 heterocycles. The minimum absolute atomic E-state index is 0.107. The minimum Gasteiger partial charge on any atom is -0.502 e. The third kappa shape index (κ3) is 22.0. The number of carboxylic acid groups (broad SMARTS) is 1. The number of aromatic hydroxyl groups is 1. The highest BCUT2D eigenvalue weighted by molar-refractivity contribution is 5.71. The molecule has 0 radical (unpaired) electrons. The highest BCUT2D eigenvalue weighted by Crippen LogP contribution is 2.38. The molecule has 1 aromatic rings. The predicted octanol–water partition coefficient (Wildman–Crippen LogP) is 0.549. The Kier molecular flexibility index (Phi) is 27.6. The molecule has 3 aliphatic rings. The van der Waals surface area contributed by atoms with Gasteiger partial charge in [0.25, 0.3) is 0 Å². The van der Waals surface area contributed by atoms with Crippen LogP contribution in [0.4, 0.5) is 0 Å². The first-order chi connectivity index (χ1) is 35.4. The molecule has 22 heteroatoms. The van der Waals surface area contributed by atoms with E-state index in [0.717, 1.165) is 12.3 Å². The van der Waals surface area contributed by atoms with E-state index < -0.39 is 158 Å². The van der Waals surface area contributed by atoms with Crippen molar-refractivity contribution in [2.75, 3.05) is 0 Å². The third-order valence-corrected chi connectivity index (χ3v) is 13.0. The molecule has 0 unspecified atom stereocenters. The Labute approximate surface area is 436 Å². The smallest absolute Gasteiger partial charge is 0.311 e. The Bertz CT molecular complexity index is 2160. The van der Waals surface area contributed by atoms with Crippen LogP contribution in [0.2, 0.25) is 0 Å². The van der Waals surface area contributed by atoms with Crippen LogP contribution >= 0.6 is 0 Å². The number of aliphatic hydroxyl groups is 11. The van der Waals surface area contributed by atoms with Crippen molar-refractivity contribution < 1.29 is 99.3 Å². The average Bonchev–Trinajstić information content (AvgIpc) is 3.33. The fourth-order valence-corrected chi connectivity index (χ4v) is 8.50. The maximum Gasteiger partial charge on any atom is 0.311 e. The number of ether oxygens (including phenoxy) is 4. The van der Waals surface area contributed by atoms with Crippen LogP contribution < -0.4 is 11.2 Å². The summed E-state index contributed by atoms with van der Waals surface area (Å²) in [5, 5.41) is 135. The molecule has 0 spiro atoms. The van der Waals surface area contributed by atoms with Gasteiger partial charge in [0.1, 0.15) is 36.8 Å². The summed E-state index contributed by atoms with van der Waals surface area (Å²) < 4.78 is 27.7. The Morgan fingerprint density at radius 3 is 1.87 bits per heavy atom. The quantitative estimate of drug-likeness (QED) is 0.183. The number of rotatable bonds is 4. The normalized spacial score (nSPS) is 40.7. The van der Waals surface area contributed by atoms with Crippen LogP contribution in [0.15, 0.2) is 107 Å². The van der Waals surface area contributed by atoms with Crippen molar-refractivity contribution in [2.45, 2.75) is 183 Å². The van der Waals surface area contributed by atoms with Gasteiger partial charge in [0.2, 0.25) is 5.43 Å². The van der Waals surface area contributed by atoms with Gasteiger partial charge >= 0.3 is 11.9 Å². The predicted molar refractivity (Wildman–Crippen MR) is 270 cm³/mol. The van der Waals surface area contributed by atoms with Crippen molar-refractivity contribution in [1.82, 2.24) is 0 Å².